The molecule has 1 saturated heterocycles. The summed E-state index contributed by atoms with van der Waals surface area (Å²) in [6.07, 6.45) is 0. The largest absolute Gasteiger partial charge is 0.342 e. The average molecular weight is 453 g/mol. The van der Waals surface area contributed by atoms with Crippen molar-refractivity contribution in [1.82, 2.24) is 14.7 Å². The summed E-state index contributed by atoms with van der Waals surface area (Å²) in [5, 5.41) is 0. The Balaban J connectivity index is 3.13. The molecule has 0 aliphatic carbocycles. The molecule has 1 aliphatic rings. The van der Waals surface area contributed by atoms with Gasteiger partial charge in [-0.05, 0) is 20.8 Å². The first-order valence-electron chi connectivity index (χ1n) is 8.43. The van der Waals surface area contributed by atoms with Gasteiger partial charge in [-0.3, -0.25) is 28.4 Å². The van der Waals surface area contributed by atoms with Crippen molar-refractivity contribution in [1.29, 1.82) is 0 Å². The van der Waals surface area contributed by atoms with Crippen LogP contribution in [0.4, 0.5) is 0 Å². The third-order valence-corrected chi connectivity index (χ3v) is 8.97. The SMILES string of the molecule is CC(N1CCN(C(C)P(=O)(O)O)CCN(C(C)P(=O)(O)O)CC1)P(=O)(O)O. The second-order valence-electron chi connectivity index (χ2n) is 6.77. The lowest BCUT2D eigenvalue weighted by molar-refractivity contribution is 0.178. The van der Waals surface area contributed by atoms with Gasteiger partial charge in [0.05, 0.1) is 0 Å². The third kappa shape index (κ3) is 7.59. The highest BCUT2D eigenvalue weighted by atomic mass is 31.2. The summed E-state index contributed by atoms with van der Waals surface area (Å²) in [4.78, 5) is 61.3. The molecule has 0 aromatic carbocycles. The number of hydrogen-bond donors (Lipinski definition) is 6. The van der Waals surface area contributed by atoms with Gasteiger partial charge in [-0.1, -0.05) is 0 Å². The van der Waals surface area contributed by atoms with Crippen molar-refractivity contribution in [2.75, 3.05) is 39.3 Å². The van der Waals surface area contributed by atoms with Gasteiger partial charge in [-0.2, -0.15) is 0 Å². The van der Waals surface area contributed by atoms with Crippen molar-refractivity contribution in [3.05, 3.63) is 0 Å². The van der Waals surface area contributed by atoms with Gasteiger partial charge in [0.1, 0.15) is 17.3 Å². The van der Waals surface area contributed by atoms with Crippen LogP contribution in [0.3, 0.4) is 0 Å². The summed E-state index contributed by atoms with van der Waals surface area (Å²) in [6.45, 7) is 4.95. The molecule has 1 fully saturated rings. The molecule has 3 unspecified atom stereocenters. The van der Waals surface area contributed by atoms with E-state index in [-0.39, 0.29) is 39.3 Å². The fraction of sp³-hybridized carbons (Fsp3) is 1.00. The van der Waals surface area contributed by atoms with E-state index in [2.05, 4.69) is 0 Å². The quantitative estimate of drug-likeness (QED) is 0.283. The van der Waals surface area contributed by atoms with Crippen molar-refractivity contribution in [2.45, 2.75) is 38.1 Å². The minimum atomic E-state index is -4.44. The molecule has 162 valence electrons. The molecule has 1 aliphatic heterocycles. The summed E-state index contributed by atoms with van der Waals surface area (Å²) in [6, 6.07) is 0. The molecule has 0 saturated carbocycles. The van der Waals surface area contributed by atoms with Crippen LogP contribution >= 0.6 is 22.8 Å². The molecule has 0 aromatic rings. The Kier molecular flexibility index (Phi) is 8.86. The monoisotopic (exact) mass is 453 g/mol. The molecule has 27 heavy (non-hydrogen) atoms. The standard InChI is InChI=1S/C12H30N3O9P3/c1-10(25(16,17)18)13-4-6-14(11(2)26(19,20)21)8-9-15(7-5-13)12(3)27(22,23)24/h10-12H,4-9H2,1-3H3,(H2,16,17,18)(H2,19,20,21)(H2,22,23,24). The van der Waals surface area contributed by atoms with Crippen LogP contribution in [0.25, 0.3) is 0 Å². The molecule has 12 nitrogen and oxygen atoms in total. The molecular formula is C12H30N3O9P3. The van der Waals surface area contributed by atoms with Crippen molar-refractivity contribution < 1.29 is 43.1 Å². The second-order valence-corrected chi connectivity index (χ2v) is 12.5. The minimum Gasteiger partial charge on any atom is -0.323 e. The van der Waals surface area contributed by atoms with Crippen LogP contribution in [-0.2, 0) is 13.7 Å². The Morgan fingerprint density at radius 2 is 0.667 bits per heavy atom. The van der Waals surface area contributed by atoms with Crippen molar-refractivity contribution in [3.8, 4) is 0 Å². The van der Waals surface area contributed by atoms with Gasteiger partial charge < -0.3 is 29.4 Å². The van der Waals surface area contributed by atoms with Gasteiger partial charge in [0, 0.05) is 39.3 Å². The number of rotatable bonds is 6. The fourth-order valence-electron chi connectivity index (χ4n) is 2.87. The van der Waals surface area contributed by atoms with E-state index in [0.29, 0.717) is 0 Å². The maximum Gasteiger partial charge on any atom is 0.342 e. The predicted octanol–water partition coefficient (Wildman–Crippen LogP) is -0.523. The zero-order chi connectivity index (χ0) is 21.2. The average Bonchev–Trinajstić information content (AvgIpc) is 2.60. The van der Waals surface area contributed by atoms with E-state index in [4.69, 9.17) is 0 Å². The van der Waals surface area contributed by atoms with Crippen molar-refractivity contribution in [3.63, 3.8) is 0 Å². The smallest absolute Gasteiger partial charge is 0.323 e. The highest BCUT2D eigenvalue weighted by molar-refractivity contribution is 7.53. The Hall–Kier alpha value is 0.330. The number of hydrogen-bond acceptors (Lipinski definition) is 6. The molecular weight excluding hydrogens is 423 g/mol. The summed E-state index contributed by atoms with van der Waals surface area (Å²) < 4.78 is 34.9. The van der Waals surface area contributed by atoms with Crippen LogP contribution < -0.4 is 0 Å². The van der Waals surface area contributed by atoms with Crippen LogP contribution in [0.2, 0.25) is 0 Å². The zero-order valence-electron chi connectivity index (χ0n) is 15.6. The Bertz CT molecular complexity index is 535. The molecule has 0 spiro atoms. The minimum absolute atomic E-state index is 0.148. The van der Waals surface area contributed by atoms with Gasteiger partial charge in [0.2, 0.25) is 0 Å². The van der Waals surface area contributed by atoms with Crippen LogP contribution in [-0.4, -0.2) is 101 Å². The van der Waals surface area contributed by atoms with E-state index in [1.54, 1.807) is 0 Å². The molecule has 0 aromatic heterocycles. The van der Waals surface area contributed by atoms with E-state index < -0.39 is 40.1 Å². The number of nitrogens with zero attached hydrogens (tertiary/aromatic N) is 3. The lowest BCUT2D eigenvalue weighted by Crippen LogP contribution is -2.43. The van der Waals surface area contributed by atoms with Gasteiger partial charge in [0.15, 0.2) is 0 Å². The molecule has 0 radical (unpaired) electrons. The third-order valence-electron chi connectivity index (χ3n) is 5.07. The van der Waals surface area contributed by atoms with E-state index in [1.165, 1.54) is 35.5 Å². The second kappa shape index (κ2) is 9.43. The summed E-state index contributed by atoms with van der Waals surface area (Å²) in [5.74, 6) is -3.39. The van der Waals surface area contributed by atoms with Gasteiger partial charge >= 0.3 is 22.8 Å². The molecule has 1 heterocycles. The topological polar surface area (TPSA) is 182 Å². The summed E-state index contributed by atoms with van der Waals surface area (Å²) in [5.41, 5.74) is 0. The van der Waals surface area contributed by atoms with E-state index >= 15 is 0 Å². The maximum atomic E-state index is 11.6. The van der Waals surface area contributed by atoms with Crippen molar-refractivity contribution in [2.24, 2.45) is 0 Å². The first-order chi connectivity index (χ1) is 12.0. The van der Waals surface area contributed by atoms with Crippen LogP contribution in [0, 0.1) is 0 Å². The Morgan fingerprint density at radius 1 is 0.519 bits per heavy atom. The molecule has 0 amide bonds. The Morgan fingerprint density at radius 3 is 0.778 bits per heavy atom. The summed E-state index contributed by atoms with van der Waals surface area (Å²) >= 11 is 0. The molecule has 1 rings (SSSR count). The Labute approximate surface area is 158 Å². The van der Waals surface area contributed by atoms with Crippen LogP contribution in [0.1, 0.15) is 20.8 Å². The fourth-order valence-corrected chi connectivity index (χ4v) is 4.83. The van der Waals surface area contributed by atoms with Crippen molar-refractivity contribution >= 4 is 22.8 Å². The van der Waals surface area contributed by atoms with E-state index in [1.807, 2.05) is 0 Å². The molecule has 6 N–H and O–H groups in total. The van der Waals surface area contributed by atoms with Crippen LogP contribution in [0.5, 0.6) is 0 Å². The molecule has 15 heteroatoms. The first kappa shape index (κ1) is 25.4. The van der Waals surface area contributed by atoms with Gasteiger partial charge in [-0.25, -0.2) is 0 Å². The predicted molar refractivity (Wildman–Crippen MR) is 99.2 cm³/mol. The maximum absolute atomic E-state index is 11.6. The zero-order valence-corrected chi connectivity index (χ0v) is 18.2. The van der Waals surface area contributed by atoms with Gasteiger partial charge in [0.25, 0.3) is 0 Å². The highest BCUT2D eigenvalue weighted by Gasteiger charge is 2.37. The van der Waals surface area contributed by atoms with Crippen LogP contribution in [0.15, 0.2) is 0 Å². The van der Waals surface area contributed by atoms with E-state index in [9.17, 15) is 43.1 Å². The lowest BCUT2D eigenvalue weighted by Gasteiger charge is -2.33. The highest BCUT2D eigenvalue weighted by Crippen LogP contribution is 2.45. The summed E-state index contributed by atoms with van der Waals surface area (Å²) in [7, 11) is -13.3. The lowest BCUT2D eigenvalue weighted by atomic mass is 10.4. The van der Waals surface area contributed by atoms with Gasteiger partial charge in [-0.15, -0.1) is 0 Å². The van der Waals surface area contributed by atoms with E-state index in [0.717, 1.165) is 0 Å². The normalized spacial score (nSPS) is 23.9. The first-order valence-corrected chi connectivity index (χ1v) is 13.5. The molecule has 3 atom stereocenters. The molecule has 0 bridgehead atoms.